The normalized spacial score (nSPS) is 17.7. The number of nitrogens with zero attached hydrogens (tertiary/aromatic N) is 1. The lowest BCUT2D eigenvalue weighted by molar-refractivity contribution is -0.116. The van der Waals surface area contributed by atoms with Crippen molar-refractivity contribution < 1.29 is 4.79 Å². The lowest BCUT2D eigenvalue weighted by Gasteiger charge is -2.19. The van der Waals surface area contributed by atoms with Crippen molar-refractivity contribution in [2.24, 2.45) is 0 Å². The molecule has 0 spiro atoms. The molecule has 1 heterocycles. The fourth-order valence-electron chi connectivity index (χ4n) is 2.13. The number of hydrogen-bond acceptors (Lipinski definition) is 1. The second kappa shape index (κ2) is 3.24. The van der Waals surface area contributed by atoms with Gasteiger partial charge in [-0.05, 0) is 23.8 Å². The number of anilines is 1. The van der Waals surface area contributed by atoms with Gasteiger partial charge in [0.05, 0.1) is 0 Å². The van der Waals surface area contributed by atoms with Crippen LogP contribution in [0.15, 0.2) is 18.2 Å². The van der Waals surface area contributed by atoms with Crippen LogP contribution in [0.1, 0.15) is 26.3 Å². The minimum Gasteiger partial charge on any atom is -0.311 e. The van der Waals surface area contributed by atoms with Crippen molar-refractivity contribution in [1.82, 2.24) is 0 Å². The fourth-order valence-corrected chi connectivity index (χ4v) is 2.30. The van der Waals surface area contributed by atoms with Crippen LogP contribution in [0, 0.1) is 0 Å². The average Bonchev–Trinajstić information content (AvgIpc) is 2.39. The van der Waals surface area contributed by atoms with Crippen LogP contribution in [0.25, 0.3) is 0 Å². The van der Waals surface area contributed by atoms with Gasteiger partial charge >= 0.3 is 0 Å². The van der Waals surface area contributed by atoms with Crippen LogP contribution in [0.2, 0.25) is 5.02 Å². The van der Waals surface area contributed by atoms with Gasteiger partial charge in [-0.25, -0.2) is 0 Å². The molecule has 0 bridgehead atoms. The number of carbonyl (C=O) groups excluding carboxylic acids is 1. The van der Waals surface area contributed by atoms with Gasteiger partial charge in [-0.2, -0.15) is 0 Å². The van der Waals surface area contributed by atoms with E-state index in [1.165, 1.54) is 0 Å². The first kappa shape index (κ1) is 10.5. The highest BCUT2D eigenvalue weighted by Crippen LogP contribution is 2.41. The van der Waals surface area contributed by atoms with E-state index in [1.807, 2.05) is 23.1 Å². The van der Waals surface area contributed by atoms with Gasteiger partial charge in [0.15, 0.2) is 0 Å². The van der Waals surface area contributed by atoms with Gasteiger partial charge in [0.25, 0.3) is 0 Å². The molecule has 0 aliphatic carbocycles. The van der Waals surface area contributed by atoms with Crippen molar-refractivity contribution in [3.63, 3.8) is 0 Å². The smallest absolute Gasteiger partial charge is 0.223 e. The molecule has 2 rings (SSSR count). The van der Waals surface area contributed by atoms with E-state index in [0.717, 1.165) is 22.8 Å². The predicted octanol–water partition coefficient (Wildman–Crippen LogP) is 2.98. The summed E-state index contributed by atoms with van der Waals surface area (Å²) in [7, 11) is 0. The monoisotopic (exact) mass is 223 g/mol. The molecule has 0 N–H and O–H groups in total. The van der Waals surface area contributed by atoms with Gasteiger partial charge in [-0.3, -0.25) is 4.79 Å². The second-order valence-electron chi connectivity index (χ2n) is 4.65. The van der Waals surface area contributed by atoms with Crippen LogP contribution in [-0.4, -0.2) is 12.5 Å². The van der Waals surface area contributed by atoms with E-state index in [-0.39, 0.29) is 11.3 Å². The van der Waals surface area contributed by atoms with Crippen LogP contribution in [0.5, 0.6) is 0 Å². The molecule has 0 unspecified atom stereocenters. The Balaban J connectivity index is 2.58. The topological polar surface area (TPSA) is 20.3 Å². The summed E-state index contributed by atoms with van der Waals surface area (Å²) >= 11 is 5.97. The van der Waals surface area contributed by atoms with Crippen LogP contribution in [0.3, 0.4) is 0 Å². The largest absolute Gasteiger partial charge is 0.311 e. The van der Waals surface area contributed by atoms with E-state index in [4.69, 9.17) is 11.6 Å². The highest BCUT2D eigenvalue weighted by atomic mass is 35.5. The third-order valence-electron chi connectivity index (χ3n) is 2.91. The molecular formula is C12H14ClNO. The lowest BCUT2D eigenvalue weighted by atomic mass is 9.87. The average molecular weight is 224 g/mol. The molecule has 0 atom stereocenters. The van der Waals surface area contributed by atoms with Gasteiger partial charge in [0, 0.05) is 29.6 Å². The number of benzene rings is 1. The Morgan fingerprint density at radius 2 is 2.13 bits per heavy atom. The predicted molar refractivity (Wildman–Crippen MR) is 62.5 cm³/mol. The molecule has 0 fully saturated rings. The number of rotatable bonds is 0. The highest BCUT2D eigenvalue weighted by molar-refractivity contribution is 6.30. The van der Waals surface area contributed by atoms with E-state index in [0.29, 0.717) is 0 Å². The van der Waals surface area contributed by atoms with Gasteiger partial charge in [-0.1, -0.05) is 25.4 Å². The Morgan fingerprint density at radius 3 is 2.73 bits per heavy atom. The van der Waals surface area contributed by atoms with E-state index < -0.39 is 0 Å². The summed E-state index contributed by atoms with van der Waals surface area (Å²) in [5, 5.41) is 0.729. The maximum absolute atomic E-state index is 11.5. The Kier molecular flexibility index (Phi) is 2.27. The maximum Gasteiger partial charge on any atom is 0.223 e. The summed E-state index contributed by atoms with van der Waals surface area (Å²) in [6.45, 7) is 6.59. The second-order valence-corrected chi connectivity index (χ2v) is 5.09. The molecule has 1 aromatic rings. The zero-order valence-electron chi connectivity index (χ0n) is 9.17. The maximum atomic E-state index is 11.5. The molecule has 80 valence electrons. The van der Waals surface area contributed by atoms with Crippen molar-refractivity contribution in [3.8, 4) is 0 Å². The summed E-state index contributed by atoms with van der Waals surface area (Å²) in [6.07, 6.45) is 0. The van der Waals surface area contributed by atoms with Gasteiger partial charge in [0.2, 0.25) is 5.91 Å². The minimum absolute atomic E-state index is 0.00803. The number of amides is 1. The number of fused-ring (bicyclic) bond motifs is 1. The molecule has 0 radical (unpaired) electrons. The van der Waals surface area contributed by atoms with Crippen molar-refractivity contribution >= 4 is 23.2 Å². The molecule has 1 aromatic carbocycles. The Bertz CT molecular complexity index is 426. The molecule has 1 aliphatic heterocycles. The van der Waals surface area contributed by atoms with Gasteiger partial charge < -0.3 is 4.90 Å². The van der Waals surface area contributed by atoms with Crippen LogP contribution in [-0.2, 0) is 10.2 Å². The van der Waals surface area contributed by atoms with E-state index >= 15 is 0 Å². The van der Waals surface area contributed by atoms with Gasteiger partial charge in [-0.15, -0.1) is 0 Å². The van der Waals surface area contributed by atoms with E-state index in [9.17, 15) is 4.79 Å². The molecule has 1 aliphatic rings. The van der Waals surface area contributed by atoms with Crippen molar-refractivity contribution in [2.75, 3.05) is 11.4 Å². The van der Waals surface area contributed by atoms with Crippen molar-refractivity contribution in [3.05, 3.63) is 28.8 Å². The zero-order valence-corrected chi connectivity index (χ0v) is 9.93. The zero-order chi connectivity index (χ0) is 11.2. The van der Waals surface area contributed by atoms with E-state index in [1.54, 1.807) is 6.92 Å². The molecule has 0 aromatic heterocycles. The summed E-state index contributed by atoms with van der Waals surface area (Å²) in [4.78, 5) is 13.3. The highest BCUT2D eigenvalue weighted by Gasteiger charge is 2.36. The Morgan fingerprint density at radius 1 is 1.47 bits per heavy atom. The number of carbonyl (C=O) groups is 1. The number of hydrogen-bond donors (Lipinski definition) is 0. The molecule has 0 saturated heterocycles. The van der Waals surface area contributed by atoms with Crippen LogP contribution >= 0.6 is 11.6 Å². The van der Waals surface area contributed by atoms with Crippen LogP contribution in [0.4, 0.5) is 5.69 Å². The molecule has 1 amide bonds. The van der Waals surface area contributed by atoms with E-state index in [2.05, 4.69) is 13.8 Å². The molecule has 3 heteroatoms. The SMILES string of the molecule is CC(=O)N1CC(C)(C)c2cc(Cl)ccc21. The summed E-state index contributed by atoms with van der Waals surface area (Å²) in [5.74, 6) is 0.0872. The standard InChI is InChI=1S/C12H14ClNO/c1-8(15)14-7-12(2,3)10-6-9(13)4-5-11(10)14/h4-6H,7H2,1-3H3. The third-order valence-corrected chi connectivity index (χ3v) is 3.15. The summed E-state index contributed by atoms with van der Waals surface area (Å²) < 4.78 is 0. The molecule has 2 nitrogen and oxygen atoms in total. The first-order chi connectivity index (χ1) is 6.92. The first-order valence-corrected chi connectivity index (χ1v) is 5.38. The Hall–Kier alpha value is -1.02. The van der Waals surface area contributed by atoms with Crippen molar-refractivity contribution in [2.45, 2.75) is 26.2 Å². The Labute approximate surface area is 94.8 Å². The summed E-state index contributed by atoms with van der Waals surface area (Å²) in [6, 6.07) is 5.71. The first-order valence-electron chi connectivity index (χ1n) is 5.00. The minimum atomic E-state index is -0.00803. The molecule has 0 saturated carbocycles. The third kappa shape index (κ3) is 1.63. The molecular weight excluding hydrogens is 210 g/mol. The van der Waals surface area contributed by atoms with Crippen molar-refractivity contribution in [1.29, 1.82) is 0 Å². The van der Waals surface area contributed by atoms with Crippen LogP contribution < -0.4 is 4.90 Å². The quantitative estimate of drug-likeness (QED) is 0.662. The summed E-state index contributed by atoms with van der Waals surface area (Å²) in [5.41, 5.74) is 2.15. The number of halogens is 1. The fraction of sp³-hybridized carbons (Fsp3) is 0.417. The van der Waals surface area contributed by atoms with Gasteiger partial charge in [0.1, 0.15) is 0 Å². The lowest BCUT2D eigenvalue weighted by Crippen LogP contribution is -2.31. The molecule has 15 heavy (non-hydrogen) atoms.